The minimum Gasteiger partial charge on any atom is -0.468 e. The Morgan fingerprint density at radius 2 is 2.14 bits per heavy atom. The van der Waals surface area contributed by atoms with Crippen molar-refractivity contribution in [2.75, 3.05) is 26.8 Å². The first kappa shape index (κ1) is 20.0. The average Bonchev–Trinajstić information content (AvgIpc) is 3.51. The van der Waals surface area contributed by atoms with Crippen LogP contribution >= 0.6 is 22.7 Å². The van der Waals surface area contributed by atoms with Crippen molar-refractivity contribution in [3.05, 3.63) is 68.9 Å². The number of hydrazone groups is 1. The standard InChI is InChI=1S/C21H23N3O3S2/c1-26-10-8-23(14-16-5-2-9-27-16)15-21(25)24-18(20-7-4-12-29-20)13-17(22-24)19-6-3-11-28-19/h2-7,9,11-12,18H,8,10,13-15H2,1H3. The molecule has 3 aromatic rings. The van der Waals surface area contributed by atoms with E-state index in [2.05, 4.69) is 12.1 Å². The van der Waals surface area contributed by atoms with Gasteiger partial charge >= 0.3 is 0 Å². The van der Waals surface area contributed by atoms with Crippen LogP contribution in [0.5, 0.6) is 0 Å². The van der Waals surface area contributed by atoms with E-state index in [9.17, 15) is 4.79 Å². The Labute approximate surface area is 178 Å². The third-order valence-electron chi connectivity index (χ3n) is 4.77. The number of furan rings is 1. The molecule has 1 amide bonds. The van der Waals surface area contributed by atoms with E-state index in [4.69, 9.17) is 14.3 Å². The fourth-order valence-electron chi connectivity index (χ4n) is 3.36. The van der Waals surface area contributed by atoms with Crippen molar-refractivity contribution in [2.24, 2.45) is 5.10 Å². The quantitative estimate of drug-likeness (QED) is 0.511. The normalized spacial score (nSPS) is 16.6. The molecule has 0 fully saturated rings. The Morgan fingerprint density at radius 1 is 1.28 bits per heavy atom. The molecule has 0 aromatic carbocycles. The number of methoxy groups -OCH3 is 1. The summed E-state index contributed by atoms with van der Waals surface area (Å²) in [5.74, 6) is 0.811. The summed E-state index contributed by atoms with van der Waals surface area (Å²) < 4.78 is 10.7. The molecule has 1 aliphatic heterocycles. The van der Waals surface area contributed by atoms with Crippen LogP contribution in [0.25, 0.3) is 0 Å². The van der Waals surface area contributed by atoms with Gasteiger partial charge in [-0.2, -0.15) is 5.10 Å². The van der Waals surface area contributed by atoms with E-state index in [-0.39, 0.29) is 18.5 Å². The third kappa shape index (κ3) is 4.84. The molecule has 1 atom stereocenters. The summed E-state index contributed by atoms with van der Waals surface area (Å²) in [5.41, 5.74) is 0.973. The lowest BCUT2D eigenvalue weighted by molar-refractivity contribution is -0.134. The Hall–Kier alpha value is -2.26. The molecule has 1 unspecified atom stereocenters. The van der Waals surface area contributed by atoms with Crippen LogP contribution in [0, 0.1) is 0 Å². The number of rotatable bonds is 9. The number of ether oxygens (including phenoxy) is 1. The van der Waals surface area contributed by atoms with Crippen LogP contribution < -0.4 is 0 Å². The predicted octanol–water partition coefficient (Wildman–Crippen LogP) is 4.23. The van der Waals surface area contributed by atoms with E-state index in [0.29, 0.717) is 19.7 Å². The highest BCUT2D eigenvalue weighted by molar-refractivity contribution is 7.12. The zero-order valence-corrected chi connectivity index (χ0v) is 17.8. The zero-order valence-electron chi connectivity index (χ0n) is 16.2. The van der Waals surface area contributed by atoms with Crippen molar-refractivity contribution < 1.29 is 13.9 Å². The van der Waals surface area contributed by atoms with Crippen LogP contribution in [0.1, 0.15) is 28.0 Å². The SMILES string of the molecule is COCCN(CC(=O)N1N=C(c2cccs2)CC1c1cccs1)Cc1ccco1. The largest absolute Gasteiger partial charge is 0.468 e. The lowest BCUT2D eigenvalue weighted by Gasteiger charge is -2.25. The highest BCUT2D eigenvalue weighted by atomic mass is 32.1. The molecule has 29 heavy (non-hydrogen) atoms. The van der Waals surface area contributed by atoms with Crippen LogP contribution in [-0.2, 0) is 16.1 Å². The smallest absolute Gasteiger partial charge is 0.257 e. The second kappa shape index (κ2) is 9.49. The van der Waals surface area contributed by atoms with Gasteiger partial charge in [-0.25, -0.2) is 5.01 Å². The van der Waals surface area contributed by atoms with Gasteiger partial charge in [0.25, 0.3) is 5.91 Å². The van der Waals surface area contributed by atoms with Crippen molar-refractivity contribution >= 4 is 34.3 Å². The van der Waals surface area contributed by atoms with Crippen LogP contribution in [-0.4, -0.2) is 48.3 Å². The molecule has 3 aromatic heterocycles. The molecule has 0 saturated carbocycles. The van der Waals surface area contributed by atoms with Gasteiger partial charge < -0.3 is 9.15 Å². The molecule has 4 heterocycles. The molecular formula is C21H23N3O3S2. The van der Waals surface area contributed by atoms with Gasteiger partial charge in [0.1, 0.15) is 5.76 Å². The van der Waals surface area contributed by atoms with E-state index in [1.54, 1.807) is 41.1 Å². The van der Waals surface area contributed by atoms with Gasteiger partial charge in [-0.15, -0.1) is 22.7 Å². The monoisotopic (exact) mass is 429 g/mol. The number of thiophene rings is 2. The number of hydrogen-bond donors (Lipinski definition) is 0. The highest BCUT2D eigenvalue weighted by Gasteiger charge is 2.34. The Kier molecular flexibility index (Phi) is 6.56. The second-order valence-corrected chi connectivity index (χ2v) is 8.71. The van der Waals surface area contributed by atoms with Crippen LogP contribution in [0.15, 0.2) is 62.9 Å². The van der Waals surface area contributed by atoms with Crippen LogP contribution in [0.4, 0.5) is 0 Å². The fraction of sp³-hybridized carbons (Fsp3) is 0.333. The van der Waals surface area contributed by atoms with Gasteiger partial charge in [-0.1, -0.05) is 12.1 Å². The lowest BCUT2D eigenvalue weighted by atomic mass is 10.1. The molecule has 0 saturated heterocycles. The van der Waals surface area contributed by atoms with Gasteiger partial charge in [0, 0.05) is 25.0 Å². The first-order chi connectivity index (χ1) is 14.2. The molecule has 4 rings (SSSR count). The Bertz CT molecular complexity index is 921. The summed E-state index contributed by atoms with van der Waals surface area (Å²) in [5, 5.41) is 10.5. The van der Waals surface area contributed by atoms with E-state index in [0.717, 1.165) is 27.6 Å². The van der Waals surface area contributed by atoms with Gasteiger partial charge in [-0.3, -0.25) is 9.69 Å². The maximum Gasteiger partial charge on any atom is 0.257 e. The zero-order chi connectivity index (χ0) is 20.1. The summed E-state index contributed by atoms with van der Waals surface area (Å²) in [6.07, 6.45) is 2.39. The number of carbonyl (C=O) groups is 1. The number of nitrogens with zero attached hydrogens (tertiary/aromatic N) is 3. The fourth-order valence-corrected chi connectivity index (χ4v) is 4.89. The number of hydrogen-bond acceptors (Lipinski definition) is 7. The lowest BCUT2D eigenvalue weighted by Crippen LogP contribution is -2.39. The maximum absolute atomic E-state index is 13.3. The molecular weight excluding hydrogens is 406 g/mol. The van der Waals surface area contributed by atoms with Gasteiger partial charge in [0.05, 0.1) is 42.6 Å². The van der Waals surface area contributed by atoms with Gasteiger partial charge in [-0.05, 0) is 35.0 Å². The second-order valence-electron chi connectivity index (χ2n) is 6.78. The summed E-state index contributed by atoms with van der Waals surface area (Å²) >= 11 is 3.32. The van der Waals surface area contributed by atoms with E-state index < -0.39 is 0 Å². The predicted molar refractivity (Wildman–Crippen MR) is 115 cm³/mol. The van der Waals surface area contributed by atoms with Crippen molar-refractivity contribution in [3.8, 4) is 0 Å². The highest BCUT2D eigenvalue weighted by Crippen LogP contribution is 2.36. The average molecular weight is 430 g/mol. The molecule has 0 N–H and O–H groups in total. The molecule has 6 nitrogen and oxygen atoms in total. The topological polar surface area (TPSA) is 58.3 Å². The summed E-state index contributed by atoms with van der Waals surface area (Å²) in [6.45, 7) is 2.00. The van der Waals surface area contributed by atoms with E-state index >= 15 is 0 Å². The molecule has 152 valence electrons. The van der Waals surface area contributed by atoms with Gasteiger partial charge in [0.2, 0.25) is 0 Å². The minimum absolute atomic E-state index is 0.0161. The maximum atomic E-state index is 13.3. The van der Waals surface area contributed by atoms with Gasteiger partial charge in [0.15, 0.2) is 0 Å². The van der Waals surface area contributed by atoms with E-state index in [1.807, 2.05) is 39.9 Å². The molecule has 0 spiro atoms. The Morgan fingerprint density at radius 3 is 2.83 bits per heavy atom. The molecule has 1 aliphatic rings. The third-order valence-corrected chi connectivity index (χ3v) is 6.67. The van der Waals surface area contributed by atoms with E-state index in [1.165, 1.54) is 0 Å². The van der Waals surface area contributed by atoms with Crippen LogP contribution in [0.2, 0.25) is 0 Å². The summed E-state index contributed by atoms with van der Waals surface area (Å²) in [4.78, 5) is 17.6. The van der Waals surface area contributed by atoms with Crippen molar-refractivity contribution in [1.29, 1.82) is 0 Å². The van der Waals surface area contributed by atoms with Crippen molar-refractivity contribution in [1.82, 2.24) is 9.91 Å². The molecule has 0 aliphatic carbocycles. The summed E-state index contributed by atoms with van der Waals surface area (Å²) in [6, 6.07) is 11.9. The Balaban J connectivity index is 1.52. The van der Waals surface area contributed by atoms with Crippen LogP contribution in [0.3, 0.4) is 0 Å². The number of amides is 1. The summed E-state index contributed by atoms with van der Waals surface area (Å²) in [7, 11) is 1.66. The van der Waals surface area contributed by atoms with Crippen molar-refractivity contribution in [3.63, 3.8) is 0 Å². The minimum atomic E-state index is -0.0486. The molecule has 0 bridgehead atoms. The number of carbonyl (C=O) groups excluding carboxylic acids is 1. The molecule has 0 radical (unpaired) electrons. The first-order valence-corrected chi connectivity index (χ1v) is 11.2. The molecule has 8 heteroatoms. The first-order valence-electron chi connectivity index (χ1n) is 9.45. The van der Waals surface area contributed by atoms with Crippen molar-refractivity contribution in [2.45, 2.75) is 19.0 Å².